The number of aliphatic hydroxyl groups excluding tert-OH is 1. The SMILES string of the molecule is COc1ccc(C(O)Cc2nccn2C)c(Cl)c1OC. The van der Waals surface area contributed by atoms with Gasteiger partial charge < -0.3 is 19.1 Å². The van der Waals surface area contributed by atoms with E-state index in [-0.39, 0.29) is 0 Å². The number of rotatable bonds is 5. The lowest BCUT2D eigenvalue weighted by Gasteiger charge is -2.16. The molecular formula is C14H17ClN2O3. The lowest BCUT2D eigenvalue weighted by Crippen LogP contribution is -2.08. The van der Waals surface area contributed by atoms with Crippen LogP contribution in [-0.4, -0.2) is 28.9 Å². The van der Waals surface area contributed by atoms with Crippen molar-refractivity contribution in [1.29, 1.82) is 0 Å². The van der Waals surface area contributed by atoms with Crippen LogP contribution in [0.3, 0.4) is 0 Å². The monoisotopic (exact) mass is 296 g/mol. The minimum absolute atomic E-state index is 0.355. The average molecular weight is 297 g/mol. The highest BCUT2D eigenvalue weighted by atomic mass is 35.5. The number of halogens is 1. The number of hydrogen-bond acceptors (Lipinski definition) is 4. The zero-order chi connectivity index (χ0) is 14.7. The summed E-state index contributed by atoms with van der Waals surface area (Å²) in [5.41, 5.74) is 0.590. The van der Waals surface area contributed by atoms with Crippen molar-refractivity contribution in [1.82, 2.24) is 9.55 Å². The van der Waals surface area contributed by atoms with Gasteiger partial charge in [-0.2, -0.15) is 0 Å². The molecule has 6 heteroatoms. The zero-order valence-corrected chi connectivity index (χ0v) is 12.4. The van der Waals surface area contributed by atoms with Crippen molar-refractivity contribution in [3.05, 3.63) is 40.9 Å². The van der Waals surface area contributed by atoms with Gasteiger partial charge in [-0.3, -0.25) is 0 Å². The van der Waals surface area contributed by atoms with Crippen molar-refractivity contribution in [3.8, 4) is 11.5 Å². The molecule has 1 heterocycles. The minimum atomic E-state index is -0.761. The fourth-order valence-corrected chi connectivity index (χ4v) is 2.40. The lowest BCUT2D eigenvalue weighted by molar-refractivity contribution is 0.174. The molecule has 2 aromatic rings. The Morgan fingerprint density at radius 3 is 2.65 bits per heavy atom. The number of hydrogen-bond donors (Lipinski definition) is 1. The Labute approximate surface area is 122 Å². The number of nitrogens with zero attached hydrogens (tertiary/aromatic N) is 2. The number of aliphatic hydroxyl groups is 1. The number of aromatic nitrogens is 2. The number of methoxy groups -OCH3 is 2. The molecule has 0 saturated heterocycles. The van der Waals surface area contributed by atoms with Crippen molar-refractivity contribution < 1.29 is 14.6 Å². The molecule has 0 spiro atoms. The van der Waals surface area contributed by atoms with Crippen LogP contribution in [-0.2, 0) is 13.5 Å². The Bertz CT molecular complexity index is 598. The molecule has 108 valence electrons. The average Bonchev–Trinajstić information content (AvgIpc) is 2.83. The molecule has 0 aliphatic heterocycles. The van der Waals surface area contributed by atoms with Crippen molar-refractivity contribution in [2.75, 3.05) is 14.2 Å². The molecule has 0 bridgehead atoms. The molecule has 0 fully saturated rings. The molecule has 0 radical (unpaired) electrons. The summed E-state index contributed by atoms with van der Waals surface area (Å²) in [6, 6.07) is 3.46. The summed E-state index contributed by atoms with van der Waals surface area (Å²) in [5.74, 6) is 1.74. The summed E-state index contributed by atoms with van der Waals surface area (Å²) in [7, 11) is 4.93. The Balaban J connectivity index is 2.30. The molecule has 0 saturated carbocycles. The molecule has 1 atom stereocenters. The smallest absolute Gasteiger partial charge is 0.179 e. The first-order chi connectivity index (χ1) is 9.58. The summed E-state index contributed by atoms with van der Waals surface area (Å²) in [6.07, 6.45) is 3.14. The van der Waals surface area contributed by atoms with Crippen LogP contribution >= 0.6 is 11.6 Å². The summed E-state index contributed by atoms with van der Waals surface area (Å²) < 4.78 is 12.3. The van der Waals surface area contributed by atoms with Gasteiger partial charge in [-0.05, 0) is 6.07 Å². The van der Waals surface area contributed by atoms with Crippen molar-refractivity contribution >= 4 is 11.6 Å². The Kier molecular flexibility index (Phi) is 4.52. The second-order valence-corrected chi connectivity index (χ2v) is 4.76. The highest BCUT2D eigenvalue weighted by Crippen LogP contribution is 2.40. The van der Waals surface area contributed by atoms with Gasteiger partial charge in [-0.1, -0.05) is 17.7 Å². The van der Waals surface area contributed by atoms with Gasteiger partial charge in [0.2, 0.25) is 0 Å². The van der Waals surface area contributed by atoms with Crippen LogP contribution in [0.1, 0.15) is 17.5 Å². The van der Waals surface area contributed by atoms with Gasteiger partial charge in [-0.25, -0.2) is 4.98 Å². The van der Waals surface area contributed by atoms with Crippen LogP contribution in [0, 0.1) is 0 Å². The van der Waals surface area contributed by atoms with E-state index in [0.717, 1.165) is 5.82 Å². The number of aryl methyl sites for hydroxylation is 1. The molecule has 1 aromatic heterocycles. The highest BCUT2D eigenvalue weighted by molar-refractivity contribution is 6.33. The van der Waals surface area contributed by atoms with E-state index in [1.54, 1.807) is 18.3 Å². The fraction of sp³-hybridized carbons (Fsp3) is 0.357. The van der Waals surface area contributed by atoms with Crippen LogP contribution in [0.5, 0.6) is 11.5 Å². The van der Waals surface area contributed by atoms with Gasteiger partial charge in [-0.15, -0.1) is 0 Å². The molecule has 1 unspecified atom stereocenters. The van der Waals surface area contributed by atoms with Gasteiger partial charge in [0.25, 0.3) is 0 Å². The summed E-state index contributed by atoms with van der Waals surface area (Å²) in [6.45, 7) is 0. The number of ether oxygens (including phenoxy) is 2. The van der Waals surface area contributed by atoms with Gasteiger partial charge >= 0.3 is 0 Å². The third kappa shape index (κ3) is 2.73. The molecule has 0 aliphatic carbocycles. The minimum Gasteiger partial charge on any atom is -0.493 e. The second kappa shape index (κ2) is 6.15. The maximum atomic E-state index is 10.3. The first-order valence-corrected chi connectivity index (χ1v) is 6.51. The molecular weight excluding hydrogens is 280 g/mol. The third-order valence-electron chi connectivity index (χ3n) is 3.17. The van der Waals surface area contributed by atoms with E-state index in [1.165, 1.54) is 14.2 Å². The van der Waals surface area contributed by atoms with E-state index in [4.69, 9.17) is 21.1 Å². The molecule has 20 heavy (non-hydrogen) atoms. The molecule has 2 rings (SSSR count). The predicted octanol–water partition coefficient (Wildman–Crippen LogP) is 2.37. The largest absolute Gasteiger partial charge is 0.493 e. The van der Waals surface area contributed by atoms with Crippen molar-refractivity contribution in [3.63, 3.8) is 0 Å². The van der Waals surface area contributed by atoms with E-state index < -0.39 is 6.10 Å². The van der Waals surface area contributed by atoms with E-state index in [9.17, 15) is 5.11 Å². The van der Waals surface area contributed by atoms with Crippen LogP contribution in [0.25, 0.3) is 0 Å². The van der Waals surface area contributed by atoms with E-state index in [2.05, 4.69) is 4.98 Å². The van der Waals surface area contributed by atoms with Crippen LogP contribution < -0.4 is 9.47 Å². The first-order valence-electron chi connectivity index (χ1n) is 6.13. The van der Waals surface area contributed by atoms with Gasteiger partial charge in [0.15, 0.2) is 11.5 Å². The van der Waals surface area contributed by atoms with Crippen LogP contribution in [0.4, 0.5) is 0 Å². The Morgan fingerprint density at radius 1 is 1.35 bits per heavy atom. The molecule has 5 nitrogen and oxygen atoms in total. The topological polar surface area (TPSA) is 56.5 Å². The van der Waals surface area contributed by atoms with Crippen LogP contribution in [0.15, 0.2) is 24.5 Å². The van der Waals surface area contributed by atoms with Gasteiger partial charge in [0, 0.05) is 31.4 Å². The quantitative estimate of drug-likeness (QED) is 0.920. The Hall–Kier alpha value is -1.72. The molecule has 1 N–H and O–H groups in total. The van der Waals surface area contributed by atoms with Gasteiger partial charge in [0.05, 0.1) is 25.3 Å². The van der Waals surface area contributed by atoms with Crippen LogP contribution in [0.2, 0.25) is 5.02 Å². The normalized spacial score (nSPS) is 12.2. The molecule has 0 amide bonds. The second-order valence-electron chi connectivity index (χ2n) is 4.38. The van der Waals surface area contributed by atoms with Crippen molar-refractivity contribution in [2.24, 2.45) is 7.05 Å². The van der Waals surface area contributed by atoms with E-state index >= 15 is 0 Å². The fourth-order valence-electron chi connectivity index (χ4n) is 2.04. The Morgan fingerprint density at radius 2 is 2.10 bits per heavy atom. The maximum absolute atomic E-state index is 10.3. The predicted molar refractivity (Wildman–Crippen MR) is 76.4 cm³/mol. The summed E-state index contributed by atoms with van der Waals surface area (Å²) in [5, 5.41) is 10.7. The lowest BCUT2D eigenvalue weighted by atomic mass is 10.1. The first kappa shape index (κ1) is 14.7. The maximum Gasteiger partial charge on any atom is 0.179 e. The highest BCUT2D eigenvalue weighted by Gasteiger charge is 2.20. The van der Waals surface area contributed by atoms with Crippen molar-refractivity contribution in [2.45, 2.75) is 12.5 Å². The summed E-state index contributed by atoms with van der Waals surface area (Å²) >= 11 is 6.28. The number of benzene rings is 1. The zero-order valence-electron chi connectivity index (χ0n) is 11.6. The molecule has 1 aromatic carbocycles. The third-order valence-corrected chi connectivity index (χ3v) is 3.56. The summed E-state index contributed by atoms with van der Waals surface area (Å²) in [4.78, 5) is 4.19. The van der Waals surface area contributed by atoms with Gasteiger partial charge in [0.1, 0.15) is 5.82 Å². The van der Waals surface area contributed by atoms with E-state index in [0.29, 0.717) is 28.5 Å². The standard InChI is InChI=1S/C14H17ClN2O3/c1-17-7-6-16-12(17)8-10(18)9-4-5-11(19-2)14(20-3)13(9)15/h4-7,10,18H,8H2,1-3H3. The number of imidazole rings is 1. The van der Waals surface area contributed by atoms with E-state index in [1.807, 2.05) is 17.8 Å². The molecule has 0 aliphatic rings.